The first-order valence-electron chi connectivity index (χ1n) is 4.78. The second-order valence-electron chi connectivity index (χ2n) is 3.21. The summed E-state index contributed by atoms with van der Waals surface area (Å²) in [6.07, 6.45) is 2.58. The molecule has 2 aromatic rings. The van der Waals surface area contributed by atoms with Crippen LogP contribution in [0, 0.1) is 10.1 Å². The van der Waals surface area contributed by atoms with E-state index in [0.29, 0.717) is 11.4 Å². The summed E-state index contributed by atoms with van der Waals surface area (Å²) in [6, 6.07) is 3.19. The van der Waals surface area contributed by atoms with Crippen LogP contribution >= 0.6 is 11.6 Å². The fourth-order valence-electron chi connectivity index (χ4n) is 1.37. The number of nitrogens with zero attached hydrogens (tertiary/aromatic N) is 4. The standard InChI is InChI=1S/C10H7ClN4O3/c1-18-7-3-2-6(4-12-7)8-9(15(16)17)10(11)14-5-13-8/h2-5H,1H3. The Hall–Kier alpha value is -2.28. The van der Waals surface area contributed by atoms with Gasteiger partial charge in [-0.1, -0.05) is 11.6 Å². The third kappa shape index (κ3) is 2.21. The predicted molar refractivity (Wildman–Crippen MR) is 63.5 cm³/mol. The van der Waals surface area contributed by atoms with Crippen molar-refractivity contribution in [3.8, 4) is 17.1 Å². The minimum absolute atomic E-state index is 0.121. The number of rotatable bonds is 3. The van der Waals surface area contributed by atoms with Gasteiger partial charge >= 0.3 is 5.69 Å². The van der Waals surface area contributed by atoms with Gasteiger partial charge in [0.1, 0.15) is 6.33 Å². The van der Waals surface area contributed by atoms with Crippen LogP contribution in [0.1, 0.15) is 0 Å². The number of nitro groups is 1. The van der Waals surface area contributed by atoms with Crippen molar-refractivity contribution < 1.29 is 9.66 Å². The highest BCUT2D eigenvalue weighted by molar-refractivity contribution is 6.31. The lowest BCUT2D eigenvalue weighted by Crippen LogP contribution is -1.98. The highest BCUT2D eigenvalue weighted by Crippen LogP contribution is 2.32. The smallest absolute Gasteiger partial charge is 0.332 e. The molecule has 0 N–H and O–H groups in total. The molecule has 0 bridgehead atoms. The number of hydrogen-bond acceptors (Lipinski definition) is 6. The molecule has 2 aromatic heterocycles. The Bertz CT molecular complexity index is 588. The first-order valence-corrected chi connectivity index (χ1v) is 5.16. The summed E-state index contributed by atoms with van der Waals surface area (Å²) < 4.78 is 4.90. The first-order chi connectivity index (χ1) is 8.63. The largest absolute Gasteiger partial charge is 0.481 e. The van der Waals surface area contributed by atoms with Gasteiger partial charge in [0, 0.05) is 17.8 Å². The van der Waals surface area contributed by atoms with Crippen molar-refractivity contribution in [2.75, 3.05) is 7.11 Å². The first kappa shape index (κ1) is 12.2. The zero-order valence-electron chi connectivity index (χ0n) is 9.20. The van der Waals surface area contributed by atoms with Crippen LogP contribution in [0.25, 0.3) is 11.3 Å². The Morgan fingerprint density at radius 3 is 2.67 bits per heavy atom. The normalized spacial score (nSPS) is 10.1. The number of aromatic nitrogens is 3. The van der Waals surface area contributed by atoms with Crippen LogP contribution in [0.3, 0.4) is 0 Å². The van der Waals surface area contributed by atoms with Gasteiger partial charge < -0.3 is 4.74 Å². The van der Waals surface area contributed by atoms with E-state index < -0.39 is 4.92 Å². The van der Waals surface area contributed by atoms with Crippen molar-refractivity contribution in [1.82, 2.24) is 15.0 Å². The molecule has 0 aliphatic rings. The summed E-state index contributed by atoms with van der Waals surface area (Å²) in [5.41, 5.74) is 0.244. The van der Waals surface area contributed by atoms with Crippen molar-refractivity contribution >= 4 is 17.3 Å². The average molecular weight is 267 g/mol. The molecule has 2 heterocycles. The van der Waals surface area contributed by atoms with Crippen molar-refractivity contribution in [1.29, 1.82) is 0 Å². The van der Waals surface area contributed by atoms with Crippen LogP contribution in [0.4, 0.5) is 5.69 Å². The molecule has 0 aliphatic carbocycles. The Labute approximate surface area is 107 Å². The number of halogens is 1. The topological polar surface area (TPSA) is 91.0 Å². The quantitative estimate of drug-likeness (QED) is 0.480. The summed E-state index contributed by atoms with van der Waals surface area (Å²) in [7, 11) is 1.48. The van der Waals surface area contributed by atoms with Gasteiger partial charge in [-0.25, -0.2) is 15.0 Å². The Balaban J connectivity index is 2.56. The van der Waals surface area contributed by atoms with Gasteiger partial charge in [-0.2, -0.15) is 0 Å². The number of pyridine rings is 1. The summed E-state index contributed by atoms with van der Waals surface area (Å²) in [5.74, 6) is 0.404. The molecule has 0 saturated carbocycles. The molecule has 18 heavy (non-hydrogen) atoms. The highest BCUT2D eigenvalue weighted by atomic mass is 35.5. The van der Waals surface area contributed by atoms with E-state index >= 15 is 0 Å². The fraction of sp³-hybridized carbons (Fsp3) is 0.100. The third-order valence-corrected chi connectivity index (χ3v) is 2.46. The van der Waals surface area contributed by atoms with E-state index in [-0.39, 0.29) is 16.5 Å². The predicted octanol–water partition coefficient (Wildman–Crippen LogP) is 2.11. The molecule has 0 saturated heterocycles. The van der Waals surface area contributed by atoms with E-state index in [1.54, 1.807) is 12.1 Å². The van der Waals surface area contributed by atoms with Gasteiger partial charge in [-0.15, -0.1) is 0 Å². The van der Waals surface area contributed by atoms with E-state index in [4.69, 9.17) is 16.3 Å². The van der Waals surface area contributed by atoms with Gasteiger partial charge in [-0.3, -0.25) is 10.1 Å². The molecular formula is C10H7ClN4O3. The molecule has 0 aromatic carbocycles. The van der Waals surface area contributed by atoms with Gasteiger partial charge in [-0.05, 0) is 6.07 Å². The molecule has 7 nitrogen and oxygen atoms in total. The minimum atomic E-state index is -0.623. The Morgan fingerprint density at radius 2 is 2.11 bits per heavy atom. The van der Waals surface area contributed by atoms with Crippen LogP contribution in [0.2, 0.25) is 5.15 Å². The molecule has 2 rings (SSSR count). The SMILES string of the molecule is COc1ccc(-c2ncnc(Cl)c2[N+](=O)[O-])cn1. The van der Waals surface area contributed by atoms with Crippen molar-refractivity contribution in [2.45, 2.75) is 0 Å². The van der Waals surface area contributed by atoms with E-state index in [9.17, 15) is 10.1 Å². The third-order valence-electron chi connectivity index (χ3n) is 2.18. The van der Waals surface area contributed by atoms with Crippen LogP contribution in [0.5, 0.6) is 5.88 Å². The second-order valence-corrected chi connectivity index (χ2v) is 3.57. The van der Waals surface area contributed by atoms with Crippen LogP contribution in [0.15, 0.2) is 24.7 Å². The lowest BCUT2D eigenvalue weighted by atomic mass is 10.2. The molecule has 0 atom stereocenters. The van der Waals surface area contributed by atoms with Crippen molar-refractivity contribution in [3.05, 3.63) is 39.9 Å². The lowest BCUT2D eigenvalue weighted by Gasteiger charge is -2.03. The lowest BCUT2D eigenvalue weighted by molar-refractivity contribution is -0.384. The summed E-state index contributed by atoms with van der Waals surface area (Å²) >= 11 is 5.69. The summed E-state index contributed by atoms with van der Waals surface area (Å²) in [6.45, 7) is 0. The average Bonchev–Trinajstić information content (AvgIpc) is 2.38. The Kier molecular flexibility index (Phi) is 3.33. The van der Waals surface area contributed by atoms with Crippen molar-refractivity contribution in [3.63, 3.8) is 0 Å². The molecule has 0 amide bonds. The van der Waals surface area contributed by atoms with Gasteiger partial charge in [0.15, 0.2) is 5.69 Å². The molecule has 0 unspecified atom stereocenters. The van der Waals surface area contributed by atoms with Gasteiger partial charge in [0.2, 0.25) is 11.0 Å². The molecule has 0 aliphatic heterocycles. The molecular weight excluding hydrogens is 260 g/mol. The Morgan fingerprint density at radius 1 is 1.33 bits per heavy atom. The number of methoxy groups -OCH3 is 1. The summed E-state index contributed by atoms with van der Waals surface area (Å²) in [4.78, 5) is 21.7. The zero-order chi connectivity index (χ0) is 13.1. The minimum Gasteiger partial charge on any atom is -0.481 e. The molecule has 8 heteroatoms. The van der Waals surface area contributed by atoms with Crippen LogP contribution in [-0.2, 0) is 0 Å². The van der Waals surface area contributed by atoms with Gasteiger partial charge in [0.05, 0.1) is 12.0 Å². The molecule has 0 fully saturated rings. The molecule has 0 spiro atoms. The van der Waals surface area contributed by atoms with E-state index in [0.717, 1.165) is 6.33 Å². The van der Waals surface area contributed by atoms with Crippen molar-refractivity contribution in [2.24, 2.45) is 0 Å². The molecule has 0 radical (unpaired) electrons. The summed E-state index contributed by atoms with van der Waals surface area (Å²) in [5, 5.41) is 10.7. The monoisotopic (exact) mass is 266 g/mol. The molecule has 92 valence electrons. The maximum Gasteiger partial charge on any atom is 0.332 e. The van der Waals surface area contributed by atoms with E-state index in [1.807, 2.05) is 0 Å². The van der Waals surface area contributed by atoms with Crippen LogP contribution < -0.4 is 4.74 Å². The van der Waals surface area contributed by atoms with E-state index in [2.05, 4.69) is 15.0 Å². The zero-order valence-corrected chi connectivity index (χ0v) is 9.96. The fourth-order valence-corrected chi connectivity index (χ4v) is 1.57. The number of hydrogen-bond donors (Lipinski definition) is 0. The number of ether oxygens (including phenoxy) is 1. The van der Waals surface area contributed by atoms with Crippen LogP contribution in [-0.4, -0.2) is 27.0 Å². The highest BCUT2D eigenvalue weighted by Gasteiger charge is 2.22. The second kappa shape index (κ2) is 4.92. The van der Waals surface area contributed by atoms with Gasteiger partial charge in [0.25, 0.3) is 0 Å². The van der Waals surface area contributed by atoms with E-state index in [1.165, 1.54) is 13.3 Å². The maximum atomic E-state index is 10.9. The maximum absolute atomic E-state index is 10.9.